The van der Waals surface area contributed by atoms with Gasteiger partial charge in [-0.15, -0.1) is 0 Å². The number of nitrogens with zero attached hydrogens (tertiary/aromatic N) is 2. The summed E-state index contributed by atoms with van der Waals surface area (Å²) in [5.74, 6) is 1.42. The number of pyridine rings is 2. The third kappa shape index (κ3) is 4.80. The molecular weight excluding hydrogens is 425 g/mol. The lowest BCUT2D eigenvalue weighted by Crippen LogP contribution is -2.40. The summed E-state index contributed by atoms with van der Waals surface area (Å²) >= 11 is 0. The highest BCUT2D eigenvalue weighted by Crippen LogP contribution is 2.36. The van der Waals surface area contributed by atoms with Gasteiger partial charge in [-0.3, -0.25) is 9.78 Å². The minimum absolute atomic E-state index is 0.147. The molecule has 0 unspecified atom stereocenters. The predicted molar refractivity (Wildman–Crippen MR) is 123 cm³/mol. The number of aliphatic hydroxyl groups is 1. The minimum atomic E-state index is -0.771. The van der Waals surface area contributed by atoms with Crippen LogP contribution in [0, 0.1) is 11.7 Å². The molecule has 174 valence electrons. The first kappa shape index (κ1) is 21.7. The summed E-state index contributed by atoms with van der Waals surface area (Å²) in [6.45, 7) is 2.08. The zero-order valence-electron chi connectivity index (χ0n) is 18.4. The molecule has 2 aliphatic rings. The molecule has 2 N–H and O–H groups in total. The number of benzene rings is 1. The van der Waals surface area contributed by atoms with E-state index in [-0.39, 0.29) is 5.56 Å². The lowest BCUT2D eigenvalue weighted by Gasteiger charge is -2.36. The molecule has 1 aliphatic heterocycles. The van der Waals surface area contributed by atoms with E-state index in [0.717, 1.165) is 42.6 Å². The zero-order valence-corrected chi connectivity index (χ0v) is 18.4. The number of fused-ring (bicyclic) bond motifs is 2. The van der Waals surface area contributed by atoms with Crippen molar-refractivity contribution < 1.29 is 19.0 Å². The third-order valence-corrected chi connectivity index (χ3v) is 6.77. The number of hydrogen-bond donors (Lipinski definition) is 2. The Hall–Kier alpha value is -3.13. The molecule has 0 bridgehead atoms. The Morgan fingerprint density at radius 3 is 2.73 bits per heavy atom. The van der Waals surface area contributed by atoms with Crippen LogP contribution in [0.25, 0.3) is 11.0 Å². The van der Waals surface area contributed by atoms with E-state index in [0.29, 0.717) is 56.1 Å². The van der Waals surface area contributed by atoms with Crippen LogP contribution in [-0.4, -0.2) is 40.0 Å². The van der Waals surface area contributed by atoms with E-state index in [1.807, 2.05) is 18.2 Å². The van der Waals surface area contributed by atoms with Gasteiger partial charge in [0.2, 0.25) is 0 Å². The van der Waals surface area contributed by atoms with Gasteiger partial charge in [0.15, 0.2) is 11.5 Å². The number of nitrogens with one attached hydrogen (secondary N) is 1. The largest absolute Gasteiger partial charge is 0.486 e. The van der Waals surface area contributed by atoms with Crippen LogP contribution in [0.15, 0.2) is 47.4 Å². The molecule has 0 saturated heterocycles. The molecule has 1 aromatic carbocycles. The van der Waals surface area contributed by atoms with E-state index in [9.17, 15) is 14.3 Å². The van der Waals surface area contributed by atoms with Crippen LogP contribution in [0.5, 0.6) is 11.5 Å². The van der Waals surface area contributed by atoms with E-state index in [2.05, 4.69) is 10.3 Å². The van der Waals surface area contributed by atoms with Crippen LogP contribution >= 0.6 is 0 Å². The van der Waals surface area contributed by atoms with Crippen molar-refractivity contribution in [3.05, 3.63) is 58.8 Å². The monoisotopic (exact) mass is 453 g/mol. The Morgan fingerprint density at radius 2 is 1.91 bits per heavy atom. The molecule has 0 atom stereocenters. The molecule has 1 fully saturated rings. The van der Waals surface area contributed by atoms with E-state index in [1.54, 1.807) is 10.6 Å². The van der Waals surface area contributed by atoms with Gasteiger partial charge in [-0.1, -0.05) is 0 Å². The maximum atomic E-state index is 13.7. The summed E-state index contributed by atoms with van der Waals surface area (Å²) in [5, 5.41) is 14.4. The van der Waals surface area contributed by atoms with Crippen LogP contribution in [0.3, 0.4) is 0 Å². The maximum absolute atomic E-state index is 13.7. The maximum Gasteiger partial charge on any atom is 0.251 e. The van der Waals surface area contributed by atoms with Crippen molar-refractivity contribution in [2.75, 3.05) is 25.1 Å². The topological polar surface area (TPSA) is 85.6 Å². The van der Waals surface area contributed by atoms with Crippen molar-refractivity contribution in [1.82, 2.24) is 9.55 Å². The molecule has 0 radical (unpaired) electrons. The molecule has 2 aromatic heterocycles. The molecule has 5 rings (SSSR count). The fraction of sp³-hybridized carbons (Fsp3) is 0.440. The summed E-state index contributed by atoms with van der Waals surface area (Å²) in [6.07, 6.45) is 5.11. The number of ether oxygens (including phenoxy) is 2. The fourth-order valence-electron chi connectivity index (χ4n) is 4.79. The second-order valence-corrected chi connectivity index (χ2v) is 9.05. The Kier molecular flexibility index (Phi) is 5.93. The van der Waals surface area contributed by atoms with Gasteiger partial charge in [0.1, 0.15) is 19.0 Å². The van der Waals surface area contributed by atoms with Crippen LogP contribution in [0.1, 0.15) is 32.1 Å². The number of aryl methyl sites for hydroxylation is 1. The van der Waals surface area contributed by atoms with E-state index in [1.165, 1.54) is 12.1 Å². The van der Waals surface area contributed by atoms with Crippen LogP contribution in [-0.2, 0) is 6.54 Å². The van der Waals surface area contributed by atoms with Gasteiger partial charge in [0, 0.05) is 37.0 Å². The number of aromatic nitrogens is 2. The van der Waals surface area contributed by atoms with Crippen LogP contribution in [0.2, 0.25) is 0 Å². The molecule has 8 heteroatoms. The molecule has 7 nitrogen and oxygen atoms in total. The summed E-state index contributed by atoms with van der Waals surface area (Å²) < 4.78 is 26.5. The smallest absolute Gasteiger partial charge is 0.251 e. The SMILES string of the molecule is O=c1ccc2ncc(F)cc2n1CCC1CCC(O)(CNc2ccc3c(c2)OCCO3)CC1. The molecular formula is C25H28FN3O4. The van der Waals surface area contributed by atoms with Crippen LogP contribution < -0.4 is 20.3 Å². The van der Waals surface area contributed by atoms with Gasteiger partial charge in [-0.25, -0.2) is 4.39 Å². The van der Waals surface area contributed by atoms with Gasteiger partial charge in [0.25, 0.3) is 5.56 Å². The van der Waals surface area contributed by atoms with Crippen molar-refractivity contribution in [3.63, 3.8) is 0 Å². The first-order valence-corrected chi connectivity index (χ1v) is 11.5. The molecule has 3 aromatic rings. The Bertz CT molecular complexity index is 1200. The Balaban J connectivity index is 1.16. The lowest BCUT2D eigenvalue weighted by molar-refractivity contribution is 0.00116. The highest BCUT2D eigenvalue weighted by Gasteiger charge is 2.33. The average Bonchev–Trinajstić information content (AvgIpc) is 2.83. The van der Waals surface area contributed by atoms with Crippen molar-refractivity contribution in [1.29, 1.82) is 0 Å². The van der Waals surface area contributed by atoms with Gasteiger partial charge < -0.3 is 24.5 Å². The normalized spacial score (nSPS) is 22.3. The van der Waals surface area contributed by atoms with Crippen LogP contribution in [0.4, 0.5) is 10.1 Å². The van der Waals surface area contributed by atoms with Crippen molar-refractivity contribution >= 4 is 16.7 Å². The first-order valence-electron chi connectivity index (χ1n) is 11.5. The van der Waals surface area contributed by atoms with Gasteiger partial charge >= 0.3 is 0 Å². The van der Waals surface area contributed by atoms with E-state index in [4.69, 9.17) is 9.47 Å². The standard InChI is InChI=1S/C25H28FN3O4/c26-18-13-21-20(27-15-18)2-4-24(30)29(21)10-7-17-5-8-25(31,9-6-17)16-28-19-1-3-22-23(14-19)33-12-11-32-22/h1-4,13-15,17,28,31H,5-12,16H2. The molecule has 1 aliphatic carbocycles. The molecule has 33 heavy (non-hydrogen) atoms. The summed E-state index contributed by atoms with van der Waals surface area (Å²) in [7, 11) is 0. The van der Waals surface area contributed by atoms with Crippen molar-refractivity contribution in [2.45, 2.75) is 44.2 Å². The average molecular weight is 454 g/mol. The number of anilines is 1. The number of rotatable bonds is 6. The lowest BCUT2D eigenvalue weighted by atomic mass is 9.77. The molecule has 0 spiro atoms. The second kappa shape index (κ2) is 9.02. The minimum Gasteiger partial charge on any atom is -0.486 e. The van der Waals surface area contributed by atoms with Gasteiger partial charge in [-0.2, -0.15) is 0 Å². The zero-order chi connectivity index (χ0) is 22.8. The highest BCUT2D eigenvalue weighted by molar-refractivity contribution is 5.74. The van der Waals surface area contributed by atoms with Crippen molar-refractivity contribution in [2.24, 2.45) is 5.92 Å². The molecule has 3 heterocycles. The highest BCUT2D eigenvalue weighted by atomic mass is 19.1. The molecule has 1 saturated carbocycles. The van der Waals surface area contributed by atoms with Crippen molar-refractivity contribution in [3.8, 4) is 11.5 Å². The summed E-state index contributed by atoms with van der Waals surface area (Å²) in [6, 6.07) is 10.2. The first-order chi connectivity index (χ1) is 16.0. The number of hydrogen-bond acceptors (Lipinski definition) is 6. The summed E-state index contributed by atoms with van der Waals surface area (Å²) in [4.78, 5) is 16.5. The summed E-state index contributed by atoms with van der Waals surface area (Å²) in [5.41, 5.74) is 1.11. The quantitative estimate of drug-likeness (QED) is 0.592. The van der Waals surface area contributed by atoms with E-state index >= 15 is 0 Å². The third-order valence-electron chi connectivity index (χ3n) is 6.77. The Labute approximate surface area is 191 Å². The molecule has 0 amide bonds. The number of halogens is 1. The Morgan fingerprint density at radius 1 is 1.12 bits per heavy atom. The van der Waals surface area contributed by atoms with Gasteiger partial charge in [0.05, 0.1) is 22.8 Å². The van der Waals surface area contributed by atoms with Gasteiger partial charge in [-0.05, 0) is 56.2 Å². The predicted octanol–water partition coefficient (Wildman–Crippen LogP) is 3.73. The second-order valence-electron chi connectivity index (χ2n) is 9.05. The fourth-order valence-corrected chi connectivity index (χ4v) is 4.79. The van der Waals surface area contributed by atoms with E-state index < -0.39 is 11.4 Å².